The molecule has 3 aromatic rings. The van der Waals surface area contributed by atoms with E-state index in [0.29, 0.717) is 11.5 Å². The molecule has 3 heterocycles. The number of hydrogen-bond acceptors (Lipinski definition) is 8. The molecule has 0 bridgehead atoms. The van der Waals surface area contributed by atoms with Crippen LogP contribution in [0.15, 0.2) is 36.8 Å². The van der Waals surface area contributed by atoms with E-state index in [1.54, 1.807) is 18.3 Å². The van der Waals surface area contributed by atoms with Crippen molar-refractivity contribution in [2.24, 2.45) is 0 Å². The van der Waals surface area contributed by atoms with Crippen molar-refractivity contribution in [3.8, 4) is 11.8 Å². The number of rotatable bonds is 7. The smallest absolute Gasteiger partial charge is 0.388 e. The lowest BCUT2D eigenvalue weighted by Crippen LogP contribution is -2.02. The summed E-state index contributed by atoms with van der Waals surface area (Å²) < 4.78 is 33.8. The number of alkyl halides is 2. The summed E-state index contributed by atoms with van der Waals surface area (Å²) in [7, 11) is 0. The third-order valence-corrected chi connectivity index (χ3v) is 2.63. The molecule has 9 nitrogen and oxygen atoms in total. The first kappa shape index (κ1) is 15.5. The highest BCUT2D eigenvalue weighted by Crippen LogP contribution is 2.19. The number of H-pyrrole nitrogens is 1. The number of hydrogen-bond donors (Lipinski definition) is 2. The van der Waals surface area contributed by atoms with E-state index in [9.17, 15) is 8.78 Å². The van der Waals surface area contributed by atoms with Crippen LogP contribution >= 0.6 is 0 Å². The van der Waals surface area contributed by atoms with E-state index in [2.05, 4.69) is 40.4 Å². The summed E-state index contributed by atoms with van der Waals surface area (Å²) in [6.45, 7) is -2.75. The minimum atomic E-state index is -2.93. The summed E-state index contributed by atoms with van der Waals surface area (Å²) in [5, 5.41) is 16.5. The van der Waals surface area contributed by atoms with Crippen LogP contribution in [-0.4, -0.2) is 37.0 Å². The summed E-state index contributed by atoms with van der Waals surface area (Å²) in [5.41, 5.74) is 0.638. The Hall–Kier alpha value is -3.37. The van der Waals surface area contributed by atoms with Gasteiger partial charge in [0.15, 0.2) is 11.6 Å². The van der Waals surface area contributed by atoms with Gasteiger partial charge in [0, 0.05) is 12.3 Å². The van der Waals surface area contributed by atoms with Gasteiger partial charge in [0.25, 0.3) is 0 Å². The maximum Gasteiger partial charge on any atom is 0.388 e. The van der Waals surface area contributed by atoms with Gasteiger partial charge in [-0.05, 0) is 12.1 Å². The van der Waals surface area contributed by atoms with Gasteiger partial charge in [-0.2, -0.15) is 29.1 Å². The Morgan fingerprint density at radius 3 is 2.96 bits per heavy atom. The number of nitrogens with one attached hydrogen (secondary N) is 2. The van der Waals surface area contributed by atoms with Gasteiger partial charge in [0.2, 0.25) is 11.8 Å². The maximum atomic E-state index is 12.1. The van der Waals surface area contributed by atoms with Crippen molar-refractivity contribution in [3.05, 3.63) is 42.5 Å². The van der Waals surface area contributed by atoms with Crippen LogP contribution in [0.2, 0.25) is 0 Å². The fourth-order valence-corrected chi connectivity index (χ4v) is 1.69. The average Bonchev–Trinajstić information content (AvgIpc) is 3.00. The second-order valence-corrected chi connectivity index (χ2v) is 4.37. The quantitative estimate of drug-likeness (QED) is 0.673. The number of nitrogens with zero attached hydrogens (tertiary/aromatic N) is 5. The molecule has 24 heavy (non-hydrogen) atoms. The molecule has 0 saturated heterocycles. The third-order valence-electron chi connectivity index (χ3n) is 2.63. The van der Waals surface area contributed by atoms with E-state index < -0.39 is 6.61 Å². The van der Waals surface area contributed by atoms with E-state index in [4.69, 9.17) is 4.74 Å². The van der Waals surface area contributed by atoms with Crippen molar-refractivity contribution < 1.29 is 18.3 Å². The molecule has 0 radical (unpaired) electrons. The van der Waals surface area contributed by atoms with E-state index in [-0.39, 0.29) is 24.2 Å². The topological polar surface area (TPSA) is 111 Å². The van der Waals surface area contributed by atoms with Gasteiger partial charge in [-0.15, -0.1) is 0 Å². The molecule has 0 atom stereocenters. The van der Waals surface area contributed by atoms with E-state index in [0.717, 1.165) is 0 Å². The molecule has 0 spiro atoms. The van der Waals surface area contributed by atoms with Gasteiger partial charge >= 0.3 is 6.61 Å². The van der Waals surface area contributed by atoms with E-state index in [1.807, 2.05) is 0 Å². The predicted octanol–water partition coefficient (Wildman–Crippen LogP) is 1.91. The summed E-state index contributed by atoms with van der Waals surface area (Å²) >= 11 is 0. The van der Waals surface area contributed by atoms with Crippen molar-refractivity contribution in [2.75, 3.05) is 5.32 Å². The van der Waals surface area contributed by atoms with Gasteiger partial charge in [-0.1, -0.05) is 0 Å². The molecule has 0 aliphatic rings. The zero-order chi connectivity index (χ0) is 16.8. The highest BCUT2D eigenvalue weighted by molar-refractivity contribution is 5.51. The Kier molecular flexibility index (Phi) is 4.70. The summed E-state index contributed by atoms with van der Waals surface area (Å²) in [5.74, 6) is 0.647. The maximum absolute atomic E-state index is 12.1. The first-order valence-electron chi connectivity index (χ1n) is 6.68. The van der Waals surface area contributed by atoms with Crippen LogP contribution in [0.25, 0.3) is 0 Å². The van der Waals surface area contributed by atoms with E-state index in [1.165, 1.54) is 18.5 Å². The molecular formula is C13H11F2N7O2. The lowest BCUT2D eigenvalue weighted by Gasteiger charge is -2.06. The molecule has 11 heteroatoms. The lowest BCUT2D eigenvalue weighted by atomic mass is 10.4. The minimum absolute atomic E-state index is 0.171. The summed E-state index contributed by atoms with van der Waals surface area (Å²) in [6, 6.07) is 4.77. The van der Waals surface area contributed by atoms with Crippen LogP contribution in [0.5, 0.6) is 11.8 Å². The Bertz CT molecular complexity index is 785. The molecule has 3 aromatic heterocycles. The average molecular weight is 335 g/mol. The molecule has 0 aliphatic carbocycles. The van der Waals surface area contributed by atoms with Crippen LogP contribution in [0.1, 0.15) is 5.69 Å². The first-order chi connectivity index (χ1) is 11.7. The largest absolute Gasteiger partial charge is 0.470 e. The van der Waals surface area contributed by atoms with Gasteiger partial charge in [0.1, 0.15) is 12.3 Å². The SMILES string of the molecule is FC(F)Oc1cc(Nc2cncc(OCc3cccnn3)n2)n[nH]1. The van der Waals surface area contributed by atoms with Gasteiger partial charge in [-0.3, -0.25) is 4.98 Å². The Morgan fingerprint density at radius 1 is 1.25 bits per heavy atom. The Labute approximate surface area is 134 Å². The lowest BCUT2D eigenvalue weighted by molar-refractivity contribution is -0.0528. The van der Waals surface area contributed by atoms with Crippen LogP contribution < -0.4 is 14.8 Å². The molecular weight excluding hydrogens is 324 g/mol. The van der Waals surface area contributed by atoms with Crippen LogP contribution in [-0.2, 0) is 6.61 Å². The molecule has 0 aliphatic heterocycles. The molecule has 124 valence electrons. The van der Waals surface area contributed by atoms with Gasteiger partial charge in [0.05, 0.1) is 12.4 Å². The highest BCUT2D eigenvalue weighted by atomic mass is 19.3. The number of anilines is 2. The van der Waals surface area contributed by atoms with Gasteiger partial charge < -0.3 is 14.8 Å². The third kappa shape index (κ3) is 4.32. The molecule has 0 saturated carbocycles. The standard InChI is InChI=1S/C13H11F2N7O2/c14-13(15)24-11-4-9(21-22-11)18-10-5-16-6-12(19-10)23-7-8-2-1-3-17-20-8/h1-6,13H,7H2,(H2,18,19,21,22). The molecule has 3 rings (SSSR count). The monoisotopic (exact) mass is 335 g/mol. The molecule has 2 N–H and O–H groups in total. The number of ether oxygens (including phenoxy) is 2. The highest BCUT2D eigenvalue weighted by Gasteiger charge is 2.09. The van der Waals surface area contributed by atoms with Gasteiger partial charge in [-0.25, -0.2) is 5.10 Å². The minimum Gasteiger partial charge on any atom is -0.470 e. The second-order valence-electron chi connectivity index (χ2n) is 4.37. The van der Waals surface area contributed by atoms with E-state index >= 15 is 0 Å². The predicted molar refractivity (Wildman–Crippen MR) is 76.9 cm³/mol. The first-order valence-corrected chi connectivity index (χ1v) is 6.68. The summed E-state index contributed by atoms with van der Waals surface area (Å²) in [6.07, 6.45) is 4.42. The fraction of sp³-hybridized carbons (Fsp3) is 0.154. The van der Waals surface area contributed by atoms with Crippen molar-refractivity contribution in [2.45, 2.75) is 13.2 Å². The normalized spacial score (nSPS) is 10.6. The Balaban J connectivity index is 1.61. The molecule has 0 fully saturated rings. The number of aromatic nitrogens is 6. The molecule has 0 aromatic carbocycles. The van der Waals surface area contributed by atoms with Crippen molar-refractivity contribution in [3.63, 3.8) is 0 Å². The summed E-state index contributed by atoms with van der Waals surface area (Å²) in [4.78, 5) is 8.14. The number of aromatic amines is 1. The Morgan fingerprint density at radius 2 is 2.17 bits per heavy atom. The molecule has 0 unspecified atom stereocenters. The number of halogens is 2. The van der Waals surface area contributed by atoms with Crippen molar-refractivity contribution >= 4 is 11.6 Å². The molecule has 0 amide bonds. The van der Waals surface area contributed by atoms with Crippen LogP contribution in [0.4, 0.5) is 20.4 Å². The van der Waals surface area contributed by atoms with Crippen LogP contribution in [0, 0.1) is 0 Å². The second kappa shape index (κ2) is 7.26. The van der Waals surface area contributed by atoms with Crippen molar-refractivity contribution in [1.29, 1.82) is 0 Å². The van der Waals surface area contributed by atoms with Crippen molar-refractivity contribution in [1.82, 2.24) is 30.4 Å². The fourth-order valence-electron chi connectivity index (χ4n) is 1.69. The van der Waals surface area contributed by atoms with Crippen LogP contribution in [0.3, 0.4) is 0 Å². The zero-order valence-electron chi connectivity index (χ0n) is 12.1. The zero-order valence-corrected chi connectivity index (χ0v) is 12.1.